The van der Waals surface area contributed by atoms with Gasteiger partial charge in [0, 0.05) is 29.2 Å². The summed E-state index contributed by atoms with van der Waals surface area (Å²) in [6, 6.07) is 9.29. The van der Waals surface area contributed by atoms with Crippen LogP contribution in [0.2, 0.25) is 0 Å². The number of piperidine rings is 1. The number of H-pyrrole nitrogens is 1. The number of nitrogens with one attached hydrogen (secondary N) is 2. The fourth-order valence-electron chi connectivity index (χ4n) is 3.12. The first-order valence-corrected chi connectivity index (χ1v) is 7.23. The molecular formula is C16H23N3. The minimum atomic E-state index is 0.715. The normalized spacial score (nSPS) is 17.4. The fourth-order valence-corrected chi connectivity index (χ4v) is 3.12. The molecule has 0 amide bonds. The molecule has 3 heteroatoms. The number of aromatic nitrogens is 1. The zero-order chi connectivity index (χ0) is 13.2. The molecule has 1 fully saturated rings. The van der Waals surface area contributed by atoms with Gasteiger partial charge in [0.25, 0.3) is 0 Å². The number of aromatic amines is 1. The van der Waals surface area contributed by atoms with Gasteiger partial charge in [-0.25, -0.2) is 0 Å². The average Bonchev–Trinajstić information content (AvgIpc) is 2.77. The molecule has 1 aliphatic rings. The second kappa shape index (κ2) is 5.35. The molecule has 1 aromatic carbocycles. The number of fused-ring (bicyclic) bond motifs is 1. The van der Waals surface area contributed by atoms with Crippen molar-refractivity contribution in [3.8, 4) is 0 Å². The monoisotopic (exact) mass is 257 g/mol. The second-order valence-corrected chi connectivity index (χ2v) is 5.67. The van der Waals surface area contributed by atoms with E-state index < -0.39 is 0 Å². The summed E-state index contributed by atoms with van der Waals surface area (Å²) >= 11 is 0. The topological polar surface area (TPSA) is 31.1 Å². The van der Waals surface area contributed by atoms with E-state index in [2.05, 4.69) is 53.4 Å². The Balaban J connectivity index is 1.78. The van der Waals surface area contributed by atoms with Crippen molar-refractivity contribution in [2.24, 2.45) is 0 Å². The maximum absolute atomic E-state index is 3.58. The quantitative estimate of drug-likeness (QED) is 0.885. The third-order valence-corrected chi connectivity index (χ3v) is 4.41. The third-order valence-electron chi connectivity index (χ3n) is 4.41. The van der Waals surface area contributed by atoms with E-state index in [-0.39, 0.29) is 0 Å². The predicted octanol–water partition coefficient (Wildman–Crippen LogP) is 2.66. The van der Waals surface area contributed by atoms with Crippen LogP contribution >= 0.6 is 0 Å². The van der Waals surface area contributed by atoms with Gasteiger partial charge in [0.05, 0.1) is 0 Å². The molecule has 2 heterocycles. The fraction of sp³-hybridized carbons (Fsp3) is 0.500. The van der Waals surface area contributed by atoms with Crippen molar-refractivity contribution in [3.63, 3.8) is 0 Å². The van der Waals surface area contributed by atoms with Gasteiger partial charge in [-0.1, -0.05) is 18.2 Å². The summed E-state index contributed by atoms with van der Waals surface area (Å²) in [6.07, 6.45) is 2.52. The van der Waals surface area contributed by atoms with Crippen LogP contribution in [0.3, 0.4) is 0 Å². The van der Waals surface area contributed by atoms with Crippen LogP contribution in [0.4, 0.5) is 0 Å². The van der Waals surface area contributed by atoms with E-state index in [1.165, 1.54) is 35.0 Å². The van der Waals surface area contributed by atoms with E-state index in [0.717, 1.165) is 19.6 Å². The van der Waals surface area contributed by atoms with Gasteiger partial charge in [0.1, 0.15) is 0 Å². The standard InChI is InChI=1S/C16H23N3/c1-12-14-5-3-4-6-15(14)18-16(12)11-19(2)13-7-9-17-10-8-13/h3-6,13,17-18H,7-11H2,1-2H3. The largest absolute Gasteiger partial charge is 0.357 e. The Bertz CT molecular complexity index is 552. The first-order valence-electron chi connectivity index (χ1n) is 7.23. The van der Waals surface area contributed by atoms with Crippen molar-refractivity contribution in [3.05, 3.63) is 35.5 Å². The molecular weight excluding hydrogens is 234 g/mol. The van der Waals surface area contributed by atoms with E-state index >= 15 is 0 Å². The summed E-state index contributed by atoms with van der Waals surface area (Å²) in [6.45, 7) is 5.55. The minimum absolute atomic E-state index is 0.715. The summed E-state index contributed by atoms with van der Waals surface area (Å²) < 4.78 is 0. The van der Waals surface area contributed by atoms with Crippen LogP contribution < -0.4 is 5.32 Å². The van der Waals surface area contributed by atoms with Crippen LogP contribution in [0.5, 0.6) is 0 Å². The van der Waals surface area contributed by atoms with Gasteiger partial charge < -0.3 is 10.3 Å². The molecule has 0 radical (unpaired) electrons. The third kappa shape index (κ3) is 2.53. The number of rotatable bonds is 3. The van der Waals surface area contributed by atoms with Crippen molar-refractivity contribution in [1.82, 2.24) is 15.2 Å². The van der Waals surface area contributed by atoms with Crippen LogP contribution in [0.25, 0.3) is 10.9 Å². The summed E-state index contributed by atoms with van der Waals surface area (Å²) in [4.78, 5) is 6.08. The van der Waals surface area contributed by atoms with Crippen LogP contribution in [-0.4, -0.2) is 36.1 Å². The number of aryl methyl sites for hydroxylation is 1. The van der Waals surface area contributed by atoms with Crippen molar-refractivity contribution in [2.75, 3.05) is 20.1 Å². The van der Waals surface area contributed by atoms with Crippen LogP contribution in [0, 0.1) is 6.92 Å². The maximum atomic E-state index is 3.58. The molecule has 0 unspecified atom stereocenters. The van der Waals surface area contributed by atoms with Crippen LogP contribution in [-0.2, 0) is 6.54 Å². The smallest absolute Gasteiger partial charge is 0.0459 e. The molecule has 1 aromatic heterocycles. The first kappa shape index (κ1) is 12.7. The van der Waals surface area contributed by atoms with Gasteiger partial charge in [0.2, 0.25) is 0 Å². The lowest BCUT2D eigenvalue weighted by Gasteiger charge is -2.31. The molecule has 0 atom stereocenters. The van der Waals surface area contributed by atoms with E-state index in [1.807, 2.05) is 0 Å². The summed E-state index contributed by atoms with van der Waals surface area (Å²) in [5.41, 5.74) is 4.02. The number of hydrogen-bond acceptors (Lipinski definition) is 2. The molecule has 1 aliphatic heterocycles. The lowest BCUT2D eigenvalue weighted by Crippen LogP contribution is -2.40. The zero-order valence-corrected chi connectivity index (χ0v) is 11.9. The Labute approximate surface area is 115 Å². The van der Waals surface area contributed by atoms with Gasteiger partial charge in [-0.15, -0.1) is 0 Å². The molecule has 0 aliphatic carbocycles. The molecule has 2 N–H and O–H groups in total. The Kier molecular flexibility index (Phi) is 3.58. The minimum Gasteiger partial charge on any atom is -0.357 e. The van der Waals surface area contributed by atoms with Crippen LogP contribution in [0.1, 0.15) is 24.1 Å². The first-order chi connectivity index (χ1) is 9.25. The SMILES string of the molecule is Cc1c(CN(C)C2CCNCC2)[nH]c2ccccc12. The van der Waals surface area contributed by atoms with Crippen molar-refractivity contribution >= 4 is 10.9 Å². The van der Waals surface area contributed by atoms with Crippen molar-refractivity contribution in [2.45, 2.75) is 32.4 Å². The molecule has 102 valence electrons. The van der Waals surface area contributed by atoms with Gasteiger partial charge in [-0.05, 0) is 51.5 Å². The number of para-hydroxylation sites is 1. The zero-order valence-electron chi connectivity index (χ0n) is 11.9. The van der Waals surface area contributed by atoms with E-state index in [0.29, 0.717) is 6.04 Å². The molecule has 0 bridgehead atoms. The van der Waals surface area contributed by atoms with Gasteiger partial charge in [-0.3, -0.25) is 4.90 Å². The molecule has 3 nitrogen and oxygen atoms in total. The number of nitrogens with zero attached hydrogens (tertiary/aromatic N) is 1. The molecule has 2 aromatic rings. The number of benzene rings is 1. The predicted molar refractivity (Wildman–Crippen MR) is 80.4 cm³/mol. The van der Waals surface area contributed by atoms with Gasteiger partial charge >= 0.3 is 0 Å². The molecule has 0 spiro atoms. The highest BCUT2D eigenvalue weighted by molar-refractivity contribution is 5.84. The van der Waals surface area contributed by atoms with E-state index in [1.54, 1.807) is 0 Å². The highest BCUT2D eigenvalue weighted by Gasteiger charge is 2.19. The Morgan fingerprint density at radius 1 is 1.21 bits per heavy atom. The Morgan fingerprint density at radius 3 is 2.68 bits per heavy atom. The van der Waals surface area contributed by atoms with Gasteiger partial charge in [-0.2, -0.15) is 0 Å². The second-order valence-electron chi connectivity index (χ2n) is 5.67. The number of hydrogen-bond donors (Lipinski definition) is 2. The molecule has 3 rings (SSSR count). The van der Waals surface area contributed by atoms with Gasteiger partial charge in [0.15, 0.2) is 0 Å². The van der Waals surface area contributed by atoms with Crippen molar-refractivity contribution in [1.29, 1.82) is 0 Å². The van der Waals surface area contributed by atoms with E-state index in [9.17, 15) is 0 Å². The summed E-state index contributed by atoms with van der Waals surface area (Å²) in [5.74, 6) is 0. The highest BCUT2D eigenvalue weighted by atomic mass is 15.1. The highest BCUT2D eigenvalue weighted by Crippen LogP contribution is 2.23. The average molecular weight is 257 g/mol. The molecule has 19 heavy (non-hydrogen) atoms. The van der Waals surface area contributed by atoms with E-state index in [4.69, 9.17) is 0 Å². The molecule has 1 saturated heterocycles. The van der Waals surface area contributed by atoms with Crippen LogP contribution in [0.15, 0.2) is 24.3 Å². The summed E-state index contributed by atoms with van der Waals surface area (Å²) in [7, 11) is 2.25. The maximum Gasteiger partial charge on any atom is 0.0459 e. The lowest BCUT2D eigenvalue weighted by molar-refractivity contribution is 0.190. The summed E-state index contributed by atoms with van der Waals surface area (Å²) in [5, 5.41) is 4.79. The lowest BCUT2D eigenvalue weighted by atomic mass is 10.0. The van der Waals surface area contributed by atoms with Crippen molar-refractivity contribution < 1.29 is 0 Å². The Morgan fingerprint density at radius 2 is 1.95 bits per heavy atom. The Hall–Kier alpha value is -1.32. The molecule has 0 saturated carbocycles.